The summed E-state index contributed by atoms with van der Waals surface area (Å²) in [5.41, 5.74) is 7.98. The molecule has 0 saturated heterocycles. The summed E-state index contributed by atoms with van der Waals surface area (Å²) < 4.78 is 6.41. The molecular weight excluding hydrogens is 306 g/mol. The van der Waals surface area contributed by atoms with E-state index in [1.54, 1.807) is 0 Å². The number of nitrogen functional groups attached to an aromatic ring is 1. The normalized spacial score (nSPS) is 10.8. The van der Waals surface area contributed by atoms with Crippen LogP contribution in [0.2, 0.25) is 0 Å². The molecule has 0 aliphatic carbocycles. The van der Waals surface area contributed by atoms with Gasteiger partial charge in [-0.25, -0.2) is 9.97 Å². The second-order valence-corrected chi connectivity index (χ2v) is 5.45. The van der Waals surface area contributed by atoms with Gasteiger partial charge < -0.3 is 10.5 Å². The fourth-order valence-corrected chi connectivity index (χ4v) is 1.91. The molecule has 0 unspecified atom stereocenters. The molecule has 4 nitrogen and oxygen atoms in total. The number of benzene rings is 1. The molecule has 19 heavy (non-hydrogen) atoms. The summed E-state index contributed by atoms with van der Waals surface area (Å²) in [6.45, 7) is 6.29. The standard InChI is InChI=1S/C14H16BrN3O/c1-8(2)10-5-4-9(3)11(6-10)19-14-12(15)13(16)17-7-18-14/h4-8H,1-3H3,(H2,16,17,18). The maximum atomic E-state index is 5.83. The van der Waals surface area contributed by atoms with Crippen molar-refractivity contribution in [3.8, 4) is 11.6 Å². The lowest BCUT2D eigenvalue weighted by Crippen LogP contribution is -1.98. The van der Waals surface area contributed by atoms with Gasteiger partial charge in [0.15, 0.2) is 0 Å². The molecule has 2 N–H and O–H groups in total. The van der Waals surface area contributed by atoms with Crippen LogP contribution in [0.1, 0.15) is 30.9 Å². The molecular formula is C14H16BrN3O. The quantitative estimate of drug-likeness (QED) is 0.926. The zero-order valence-corrected chi connectivity index (χ0v) is 12.7. The van der Waals surface area contributed by atoms with Crippen molar-refractivity contribution in [1.82, 2.24) is 9.97 Å². The predicted octanol–water partition coefficient (Wildman–Crippen LogP) is 4.05. The van der Waals surface area contributed by atoms with E-state index in [2.05, 4.69) is 45.8 Å². The third-order valence-electron chi connectivity index (χ3n) is 2.87. The molecule has 1 aromatic carbocycles. The van der Waals surface area contributed by atoms with Gasteiger partial charge in [0.25, 0.3) is 0 Å². The van der Waals surface area contributed by atoms with E-state index >= 15 is 0 Å². The summed E-state index contributed by atoms with van der Waals surface area (Å²) in [6, 6.07) is 6.18. The van der Waals surface area contributed by atoms with Gasteiger partial charge in [0, 0.05) is 0 Å². The highest BCUT2D eigenvalue weighted by molar-refractivity contribution is 9.10. The maximum Gasteiger partial charge on any atom is 0.238 e. The van der Waals surface area contributed by atoms with Crippen LogP contribution in [0.4, 0.5) is 5.82 Å². The lowest BCUT2D eigenvalue weighted by atomic mass is 10.0. The molecule has 2 rings (SSSR count). The van der Waals surface area contributed by atoms with E-state index in [9.17, 15) is 0 Å². The first-order chi connectivity index (χ1) is 8.99. The number of anilines is 1. The fraction of sp³-hybridized carbons (Fsp3) is 0.286. The van der Waals surface area contributed by atoms with Crippen molar-refractivity contribution in [2.75, 3.05) is 5.73 Å². The van der Waals surface area contributed by atoms with E-state index in [0.717, 1.165) is 11.3 Å². The average molecular weight is 322 g/mol. The molecule has 1 aromatic heterocycles. The monoisotopic (exact) mass is 321 g/mol. The van der Waals surface area contributed by atoms with Crippen molar-refractivity contribution >= 4 is 21.7 Å². The SMILES string of the molecule is Cc1ccc(C(C)C)cc1Oc1ncnc(N)c1Br. The Balaban J connectivity index is 2.37. The molecule has 1 heterocycles. The minimum absolute atomic E-state index is 0.364. The van der Waals surface area contributed by atoms with Gasteiger partial charge in [0.05, 0.1) is 0 Å². The van der Waals surface area contributed by atoms with Crippen molar-refractivity contribution in [3.05, 3.63) is 40.1 Å². The second kappa shape index (κ2) is 5.57. The van der Waals surface area contributed by atoms with Gasteiger partial charge in [0.1, 0.15) is 22.4 Å². The van der Waals surface area contributed by atoms with E-state index in [-0.39, 0.29) is 0 Å². The van der Waals surface area contributed by atoms with Crippen LogP contribution in [-0.4, -0.2) is 9.97 Å². The molecule has 2 aromatic rings. The van der Waals surface area contributed by atoms with Crippen LogP contribution in [0.5, 0.6) is 11.6 Å². The molecule has 0 atom stereocenters. The van der Waals surface area contributed by atoms with E-state index < -0.39 is 0 Å². The summed E-state index contributed by atoms with van der Waals surface area (Å²) in [5.74, 6) is 2.02. The lowest BCUT2D eigenvalue weighted by Gasteiger charge is -2.13. The number of aromatic nitrogens is 2. The van der Waals surface area contributed by atoms with Crippen molar-refractivity contribution < 1.29 is 4.74 Å². The number of nitrogens with two attached hydrogens (primary N) is 1. The van der Waals surface area contributed by atoms with Gasteiger partial charge in [-0.2, -0.15) is 0 Å². The van der Waals surface area contributed by atoms with Crippen LogP contribution >= 0.6 is 15.9 Å². The highest BCUT2D eigenvalue weighted by Gasteiger charge is 2.11. The molecule has 0 bridgehead atoms. The summed E-state index contributed by atoms with van der Waals surface area (Å²) in [6.07, 6.45) is 1.39. The van der Waals surface area contributed by atoms with Gasteiger partial charge in [-0.05, 0) is 46.0 Å². The Morgan fingerprint density at radius 3 is 2.68 bits per heavy atom. The smallest absolute Gasteiger partial charge is 0.238 e. The Kier molecular flexibility index (Phi) is 4.04. The fourth-order valence-electron chi connectivity index (χ4n) is 1.63. The van der Waals surface area contributed by atoms with Gasteiger partial charge in [-0.15, -0.1) is 0 Å². The largest absolute Gasteiger partial charge is 0.437 e. The van der Waals surface area contributed by atoms with Crippen LogP contribution in [0.25, 0.3) is 0 Å². The topological polar surface area (TPSA) is 61.0 Å². The van der Waals surface area contributed by atoms with Crippen molar-refractivity contribution in [2.24, 2.45) is 0 Å². The van der Waals surface area contributed by atoms with E-state index in [1.807, 2.05) is 19.1 Å². The first-order valence-corrected chi connectivity index (χ1v) is 6.82. The Morgan fingerprint density at radius 2 is 2.00 bits per heavy atom. The average Bonchev–Trinajstić information content (AvgIpc) is 2.37. The van der Waals surface area contributed by atoms with Crippen molar-refractivity contribution in [2.45, 2.75) is 26.7 Å². The number of halogens is 1. The molecule has 5 heteroatoms. The lowest BCUT2D eigenvalue weighted by molar-refractivity contribution is 0.454. The Bertz CT molecular complexity index is 599. The minimum Gasteiger partial charge on any atom is -0.437 e. The number of aryl methyl sites for hydroxylation is 1. The van der Waals surface area contributed by atoms with Crippen LogP contribution < -0.4 is 10.5 Å². The van der Waals surface area contributed by atoms with Gasteiger partial charge >= 0.3 is 0 Å². The zero-order chi connectivity index (χ0) is 14.0. The van der Waals surface area contributed by atoms with E-state index in [0.29, 0.717) is 22.1 Å². The van der Waals surface area contributed by atoms with Crippen LogP contribution in [0.3, 0.4) is 0 Å². The molecule has 0 saturated carbocycles. The first kappa shape index (κ1) is 13.8. The van der Waals surface area contributed by atoms with Crippen LogP contribution in [-0.2, 0) is 0 Å². The number of nitrogens with zero attached hydrogens (tertiary/aromatic N) is 2. The number of ether oxygens (including phenoxy) is 1. The molecule has 0 spiro atoms. The Hall–Kier alpha value is -1.62. The van der Waals surface area contributed by atoms with Gasteiger partial charge in [0.2, 0.25) is 5.88 Å². The van der Waals surface area contributed by atoms with Crippen molar-refractivity contribution in [3.63, 3.8) is 0 Å². The summed E-state index contributed by atoms with van der Waals surface area (Å²) in [5, 5.41) is 0. The number of hydrogen-bond acceptors (Lipinski definition) is 4. The minimum atomic E-state index is 0.364. The highest BCUT2D eigenvalue weighted by atomic mass is 79.9. The van der Waals surface area contributed by atoms with Crippen molar-refractivity contribution in [1.29, 1.82) is 0 Å². The number of rotatable bonds is 3. The molecule has 100 valence electrons. The number of hydrogen-bond donors (Lipinski definition) is 1. The summed E-state index contributed by atoms with van der Waals surface area (Å²) in [4.78, 5) is 7.98. The third kappa shape index (κ3) is 3.04. The predicted molar refractivity (Wildman–Crippen MR) is 79.5 cm³/mol. The van der Waals surface area contributed by atoms with Gasteiger partial charge in [-0.1, -0.05) is 26.0 Å². The van der Waals surface area contributed by atoms with E-state index in [4.69, 9.17) is 10.5 Å². The van der Waals surface area contributed by atoms with E-state index in [1.165, 1.54) is 11.9 Å². The van der Waals surface area contributed by atoms with Gasteiger partial charge in [-0.3, -0.25) is 0 Å². The maximum absolute atomic E-state index is 5.83. The van der Waals surface area contributed by atoms with Crippen LogP contribution in [0, 0.1) is 6.92 Å². The molecule has 0 aliphatic rings. The summed E-state index contributed by atoms with van der Waals surface area (Å²) in [7, 11) is 0. The third-order valence-corrected chi connectivity index (χ3v) is 3.62. The zero-order valence-electron chi connectivity index (χ0n) is 11.1. The molecule has 0 aliphatic heterocycles. The van der Waals surface area contributed by atoms with Crippen LogP contribution in [0.15, 0.2) is 29.0 Å². The summed E-state index contributed by atoms with van der Waals surface area (Å²) >= 11 is 3.33. The first-order valence-electron chi connectivity index (χ1n) is 6.03. The molecule has 0 radical (unpaired) electrons. The second-order valence-electron chi connectivity index (χ2n) is 4.66. The molecule has 0 fully saturated rings. The highest BCUT2D eigenvalue weighted by Crippen LogP contribution is 2.33. The molecule has 0 amide bonds. The Morgan fingerprint density at radius 1 is 1.26 bits per heavy atom. The Labute approximate surface area is 121 Å².